The van der Waals surface area contributed by atoms with Crippen LogP contribution in [0, 0.1) is 11.8 Å². The Morgan fingerprint density at radius 3 is 2.81 bits per heavy atom. The van der Waals surface area contributed by atoms with Gasteiger partial charge in [0.25, 0.3) is 0 Å². The second kappa shape index (κ2) is 5.14. The monoisotopic (exact) mass is 239 g/mol. The lowest BCUT2D eigenvalue weighted by Crippen LogP contribution is -2.46. The Morgan fingerprint density at radius 1 is 1.44 bits per heavy atom. The van der Waals surface area contributed by atoms with E-state index in [-0.39, 0.29) is 0 Å². The van der Waals surface area contributed by atoms with Crippen molar-refractivity contribution in [2.24, 2.45) is 11.8 Å². The topological polar surface area (TPSA) is 3.24 Å². The second-order valence-electron chi connectivity index (χ2n) is 5.67. The number of hydrogen-bond donors (Lipinski definition) is 0. The van der Waals surface area contributed by atoms with E-state index >= 15 is 0 Å². The van der Waals surface area contributed by atoms with Crippen molar-refractivity contribution >= 4 is 11.9 Å². The van der Waals surface area contributed by atoms with Crippen LogP contribution < -0.4 is 0 Å². The van der Waals surface area contributed by atoms with Gasteiger partial charge >= 0.3 is 0 Å². The summed E-state index contributed by atoms with van der Waals surface area (Å²) in [5.74, 6) is 1.66. The van der Waals surface area contributed by atoms with Gasteiger partial charge in [0.1, 0.15) is 0 Å². The summed E-state index contributed by atoms with van der Waals surface area (Å²) in [5.41, 5.74) is 1.74. The molecule has 3 atom stereocenters. The third-order valence-corrected chi connectivity index (χ3v) is 5.22. The van der Waals surface area contributed by atoms with Gasteiger partial charge in [0, 0.05) is 12.1 Å². The number of nitrogens with zero attached hydrogens (tertiary/aromatic N) is 1. The van der Waals surface area contributed by atoms with E-state index in [9.17, 15) is 0 Å². The van der Waals surface area contributed by atoms with Crippen molar-refractivity contribution in [3.8, 4) is 0 Å². The minimum Gasteiger partial charge on any atom is -0.244 e. The molecule has 0 spiro atoms. The van der Waals surface area contributed by atoms with Crippen molar-refractivity contribution in [2.45, 2.75) is 58.5 Å². The van der Waals surface area contributed by atoms with Gasteiger partial charge in [0.2, 0.25) is 0 Å². The molecule has 1 saturated carbocycles. The van der Waals surface area contributed by atoms with E-state index in [1.165, 1.54) is 25.7 Å². The summed E-state index contributed by atoms with van der Waals surface area (Å²) in [4.78, 5) is 0. The molecule has 2 heteroatoms. The number of hydrogen-bond acceptors (Lipinski definition) is 2. The van der Waals surface area contributed by atoms with Crippen molar-refractivity contribution < 1.29 is 0 Å². The normalized spacial score (nSPS) is 34.4. The molecule has 0 N–H and O–H groups in total. The molecular formula is C14H25NS. The minimum absolute atomic E-state index is 0.652. The van der Waals surface area contributed by atoms with Crippen LogP contribution in [0.1, 0.15) is 46.5 Å². The molecule has 1 fully saturated rings. The van der Waals surface area contributed by atoms with E-state index in [1.54, 1.807) is 5.57 Å². The average Bonchev–Trinajstić information content (AvgIpc) is 2.23. The predicted molar refractivity (Wildman–Crippen MR) is 73.5 cm³/mol. The summed E-state index contributed by atoms with van der Waals surface area (Å²) in [6, 6.07) is 1.42. The Bertz CT molecular complexity index is 272. The van der Waals surface area contributed by atoms with E-state index in [0.29, 0.717) is 6.04 Å². The zero-order chi connectivity index (χ0) is 11.7. The molecule has 2 aliphatic carbocycles. The van der Waals surface area contributed by atoms with Gasteiger partial charge in [0.15, 0.2) is 0 Å². The van der Waals surface area contributed by atoms with Crippen LogP contribution in [0.4, 0.5) is 0 Å². The van der Waals surface area contributed by atoms with Crippen LogP contribution in [-0.4, -0.2) is 22.6 Å². The van der Waals surface area contributed by atoms with Crippen LogP contribution in [-0.2, 0) is 0 Å². The molecule has 0 heterocycles. The molecule has 0 amide bonds. The Balaban J connectivity index is 2.19. The van der Waals surface area contributed by atoms with E-state index in [1.807, 2.05) is 11.9 Å². The first kappa shape index (κ1) is 12.5. The summed E-state index contributed by atoms with van der Waals surface area (Å²) in [6.45, 7) is 7.06. The largest absolute Gasteiger partial charge is 0.244 e. The minimum atomic E-state index is 0.652. The molecule has 2 rings (SSSR count). The molecule has 0 saturated heterocycles. The number of rotatable bonds is 3. The average molecular weight is 239 g/mol. The molecular weight excluding hydrogens is 214 g/mol. The lowest BCUT2D eigenvalue weighted by atomic mass is 9.71. The van der Waals surface area contributed by atoms with Crippen molar-refractivity contribution in [3.05, 3.63) is 11.6 Å². The van der Waals surface area contributed by atoms with Gasteiger partial charge < -0.3 is 0 Å². The van der Waals surface area contributed by atoms with Gasteiger partial charge in [-0.1, -0.05) is 30.5 Å². The molecule has 0 aromatic carbocycles. The van der Waals surface area contributed by atoms with Gasteiger partial charge in [-0.05, 0) is 57.6 Å². The first-order valence-corrected chi connectivity index (χ1v) is 7.83. The Labute approximate surface area is 105 Å². The third kappa shape index (κ3) is 2.33. The van der Waals surface area contributed by atoms with Crippen LogP contribution in [0.3, 0.4) is 0 Å². The SMILES string of the molecule is CSN(C(C)C)C1C(C)C=C2CCCC1C2. The van der Waals surface area contributed by atoms with Gasteiger partial charge in [-0.2, -0.15) is 0 Å². The Morgan fingerprint density at radius 2 is 2.19 bits per heavy atom. The molecule has 2 aliphatic rings. The molecule has 0 radical (unpaired) electrons. The van der Waals surface area contributed by atoms with Gasteiger partial charge in [-0.15, -0.1) is 0 Å². The highest BCUT2D eigenvalue weighted by Gasteiger charge is 2.37. The summed E-state index contributed by atoms with van der Waals surface area (Å²) >= 11 is 1.94. The maximum atomic E-state index is 2.63. The zero-order valence-electron chi connectivity index (χ0n) is 11.1. The fourth-order valence-electron chi connectivity index (χ4n) is 3.59. The molecule has 1 nitrogen and oxygen atoms in total. The highest BCUT2D eigenvalue weighted by Crippen LogP contribution is 2.42. The highest BCUT2D eigenvalue weighted by atomic mass is 32.2. The quantitative estimate of drug-likeness (QED) is 0.538. The number of fused-ring (bicyclic) bond motifs is 2. The standard InChI is InChI=1S/C14H25NS/c1-10(2)15(16-4)14-11(3)8-12-6-5-7-13(14)9-12/h8,10-11,13-14H,5-7,9H2,1-4H3. The van der Waals surface area contributed by atoms with Crippen molar-refractivity contribution in [2.75, 3.05) is 6.26 Å². The Hall–Kier alpha value is 0.0500. The van der Waals surface area contributed by atoms with E-state index in [2.05, 4.69) is 37.4 Å². The van der Waals surface area contributed by atoms with Crippen LogP contribution >= 0.6 is 11.9 Å². The van der Waals surface area contributed by atoms with Crippen LogP contribution in [0.25, 0.3) is 0 Å². The van der Waals surface area contributed by atoms with Gasteiger partial charge in [-0.3, -0.25) is 0 Å². The molecule has 0 aromatic rings. The lowest BCUT2D eigenvalue weighted by Gasteiger charge is -2.45. The summed E-state index contributed by atoms with van der Waals surface area (Å²) in [6.07, 6.45) is 10.4. The lowest BCUT2D eigenvalue weighted by molar-refractivity contribution is 0.150. The first-order chi connectivity index (χ1) is 7.63. The smallest absolute Gasteiger partial charge is 0.0296 e. The van der Waals surface area contributed by atoms with E-state index in [0.717, 1.165) is 17.9 Å². The molecule has 16 heavy (non-hydrogen) atoms. The Kier molecular flexibility index (Phi) is 4.01. The molecule has 92 valence electrons. The third-order valence-electron chi connectivity index (χ3n) is 4.13. The molecule has 3 unspecified atom stereocenters. The fraction of sp³-hybridized carbons (Fsp3) is 0.857. The van der Waals surface area contributed by atoms with Crippen molar-refractivity contribution in [3.63, 3.8) is 0 Å². The maximum absolute atomic E-state index is 2.63. The van der Waals surface area contributed by atoms with E-state index in [4.69, 9.17) is 0 Å². The number of allylic oxidation sites excluding steroid dienone is 1. The summed E-state index contributed by atoms with van der Waals surface area (Å²) in [7, 11) is 0. The van der Waals surface area contributed by atoms with Crippen molar-refractivity contribution in [1.29, 1.82) is 0 Å². The summed E-state index contributed by atoms with van der Waals surface area (Å²) in [5, 5.41) is 0. The van der Waals surface area contributed by atoms with Gasteiger partial charge in [0.05, 0.1) is 0 Å². The van der Waals surface area contributed by atoms with E-state index < -0.39 is 0 Å². The molecule has 2 bridgehead atoms. The fourth-order valence-corrected chi connectivity index (χ4v) is 4.62. The maximum Gasteiger partial charge on any atom is 0.0296 e. The summed E-state index contributed by atoms with van der Waals surface area (Å²) < 4.78 is 2.63. The highest BCUT2D eigenvalue weighted by molar-refractivity contribution is 7.96. The van der Waals surface area contributed by atoms with Crippen molar-refractivity contribution in [1.82, 2.24) is 4.31 Å². The van der Waals surface area contributed by atoms with Crippen LogP contribution in [0.2, 0.25) is 0 Å². The zero-order valence-corrected chi connectivity index (χ0v) is 11.9. The first-order valence-electron chi connectivity index (χ1n) is 6.65. The molecule has 0 aliphatic heterocycles. The van der Waals surface area contributed by atoms with Crippen LogP contribution in [0.5, 0.6) is 0 Å². The van der Waals surface area contributed by atoms with Crippen LogP contribution in [0.15, 0.2) is 11.6 Å². The van der Waals surface area contributed by atoms with Gasteiger partial charge in [-0.25, -0.2) is 4.31 Å². The predicted octanol–water partition coefficient (Wildman–Crippen LogP) is 4.11. The molecule has 0 aromatic heterocycles. The second-order valence-corrected chi connectivity index (χ2v) is 6.45.